The van der Waals surface area contributed by atoms with Gasteiger partial charge in [-0.05, 0) is 213 Å². The van der Waals surface area contributed by atoms with Crippen molar-refractivity contribution in [2.45, 2.75) is 175 Å². The number of nitriles is 2. The Hall–Kier alpha value is -7.79. The molecule has 426 valence electrons. The third-order valence-corrected chi connectivity index (χ3v) is 18.6. The summed E-state index contributed by atoms with van der Waals surface area (Å²) in [5.74, 6) is 2.62. The van der Waals surface area contributed by atoms with Crippen LogP contribution in [0.3, 0.4) is 0 Å². The molecule has 11 rings (SSSR count). The van der Waals surface area contributed by atoms with Gasteiger partial charge < -0.3 is 24.2 Å². The van der Waals surface area contributed by atoms with Crippen LogP contribution in [-0.4, -0.2) is 45.6 Å². The van der Waals surface area contributed by atoms with Gasteiger partial charge >= 0.3 is 0 Å². The zero-order valence-corrected chi connectivity index (χ0v) is 50.5. The van der Waals surface area contributed by atoms with Gasteiger partial charge in [-0.3, -0.25) is 4.79 Å². The standard InChI is InChI=1S/C44H50N4O.C17H23NO.C10H8N2O.CH4/c1-41(2)14-18-47-19-15-42(3,4)35-23-29(22-34(41)39(35)47)10-12-32-26-31(38(28-45)46-9)27-33(49-32)13-11-30-24-36-40-37(25-30)44(7,8)17-21-48(40)20-16-43(36,5)6;1-16(2)5-7-18-8-6-17(3,4)14-10-12(11-19)9-13(16)15(14)18;1-7-4-9(5-8(2)13-7)10(6-11)12-3;/h10-13,22-27H,14-21H2,1-8H3;9-11H,5-8H2,1-4H3;4-5H,1-2H3;1H4/b12-10+,13-11+;;;. The molecule has 0 bridgehead atoms. The summed E-state index contributed by atoms with van der Waals surface area (Å²) in [6.45, 7) is 52.9. The molecule has 0 fully saturated rings. The second-order valence-corrected chi connectivity index (χ2v) is 27.3. The third kappa shape index (κ3) is 11.8. The van der Waals surface area contributed by atoms with Crippen LogP contribution in [0.4, 0.5) is 17.1 Å². The van der Waals surface area contributed by atoms with Crippen LogP contribution in [0.5, 0.6) is 0 Å². The Morgan fingerprint density at radius 3 is 0.988 bits per heavy atom. The fourth-order valence-corrected chi connectivity index (χ4v) is 13.1. The number of carbonyl (C=O) groups excluding carboxylic acids is 1. The molecule has 10 heteroatoms. The largest absolute Gasteiger partial charge is 0.467 e. The maximum Gasteiger partial charge on any atom is 0.269 e. The van der Waals surface area contributed by atoms with E-state index in [2.05, 4.69) is 162 Å². The predicted octanol–water partition coefficient (Wildman–Crippen LogP) is 17.1. The Balaban J connectivity index is 0.000000216. The molecule has 0 spiro atoms. The maximum absolute atomic E-state index is 11.3. The SMILES string of the molecule is C.CC1(C)CCN2CCC(C)(C)c3cc(C=O)cc1c32.[C-]#[N+]C(C#N)=C1C=C(/C=C/c2cc3c4c(c2)C(C)(C)CCN4CCC3(C)C)OC(/C=C/c2cc3c4c(c2)C(C)(C)CCN4CCC3(C)C)=C1.[C-]#[N+]C(C#N)=C1C=C(C)OC(C)=C1. The number of hydrogen-bond donors (Lipinski definition) is 0. The zero-order valence-electron chi connectivity index (χ0n) is 50.5. The molecular formula is C72H85N7O3. The Kier molecular flexibility index (Phi) is 16.6. The smallest absolute Gasteiger partial charge is 0.269 e. The number of aldehydes is 1. The van der Waals surface area contributed by atoms with Crippen molar-refractivity contribution in [2.24, 2.45) is 0 Å². The molecule has 8 aliphatic heterocycles. The molecular weight excluding hydrogens is 1010 g/mol. The number of allylic oxidation sites excluding steroid dienone is 12. The topological polar surface area (TPSA) is 102 Å². The van der Waals surface area contributed by atoms with E-state index in [9.17, 15) is 10.1 Å². The monoisotopic (exact) mass is 1100 g/mol. The Bertz CT molecular complexity index is 3250. The highest BCUT2D eigenvalue weighted by atomic mass is 16.5. The molecule has 0 amide bonds. The van der Waals surface area contributed by atoms with Crippen LogP contribution >= 0.6 is 0 Å². The lowest BCUT2D eigenvalue weighted by atomic mass is 9.69. The van der Waals surface area contributed by atoms with E-state index in [4.69, 9.17) is 27.9 Å². The van der Waals surface area contributed by atoms with Crippen LogP contribution in [0, 0.1) is 35.8 Å². The summed E-state index contributed by atoms with van der Waals surface area (Å²) < 4.78 is 11.7. The molecule has 0 saturated carbocycles. The fourth-order valence-electron chi connectivity index (χ4n) is 13.1. The summed E-state index contributed by atoms with van der Waals surface area (Å²) in [6.07, 6.45) is 23.1. The van der Waals surface area contributed by atoms with E-state index in [1.807, 2.05) is 30.4 Å². The predicted molar refractivity (Wildman–Crippen MR) is 336 cm³/mol. The summed E-state index contributed by atoms with van der Waals surface area (Å²) in [5, 5.41) is 18.4. The molecule has 0 radical (unpaired) electrons. The number of anilines is 3. The lowest BCUT2D eigenvalue weighted by molar-refractivity contribution is 0.112. The number of rotatable bonds is 5. The van der Waals surface area contributed by atoms with Crippen LogP contribution in [0.15, 0.2) is 118 Å². The molecule has 0 saturated heterocycles. The first-order valence-electron chi connectivity index (χ1n) is 29.0. The van der Waals surface area contributed by atoms with E-state index in [0.29, 0.717) is 34.2 Å². The molecule has 3 aromatic rings. The van der Waals surface area contributed by atoms with E-state index >= 15 is 0 Å². The highest BCUT2D eigenvalue weighted by molar-refractivity contribution is 5.81. The van der Waals surface area contributed by atoms with Gasteiger partial charge in [-0.25, -0.2) is 20.2 Å². The van der Waals surface area contributed by atoms with E-state index in [0.717, 1.165) is 87.9 Å². The van der Waals surface area contributed by atoms with Crippen molar-refractivity contribution in [3.05, 3.63) is 191 Å². The minimum atomic E-state index is 0. The van der Waals surface area contributed by atoms with E-state index in [1.54, 1.807) is 26.0 Å². The van der Waals surface area contributed by atoms with Gasteiger partial charge in [0.25, 0.3) is 11.4 Å². The maximum atomic E-state index is 11.3. The number of ether oxygens (including phenoxy) is 2. The van der Waals surface area contributed by atoms with Crippen molar-refractivity contribution in [1.29, 1.82) is 10.5 Å². The van der Waals surface area contributed by atoms with Crippen LogP contribution < -0.4 is 14.7 Å². The number of benzene rings is 3. The first kappa shape index (κ1) is 60.3. The molecule has 0 aromatic heterocycles. The Morgan fingerprint density at radius 2 is 0.732 bits per heavy atom. The van der Waals surface area contributed by atoms with Gasteiger partial charge in [-0.15, -0.1) is 0 Å². The summed E-state index contributed by atoms with van der Waals surface area (Å²) in [4.78, 5) is 25.6. The van der Waals surface area contributed by atoms with E-state index < -0.39 is 0 Å². The van der Waals surface area contributed by atoms with Crippen molar-refractivity contribution in [2.75, 3.05) is 54.0 Å². The van der Waals surface area contributed by atoms with E-state index in [-0.39, 0.29) is 51.3 Å². The van der Waals surface area contributed by atoms with Crippen LogP contribution in [0.2, 0.25) is 0 Å². The summed E-state index contributed by atoms with van der Waals surface area (Å²) >= 11 is 0. The van der Waals surface area contributed by atoms with Gasteiger partial charge in [-0.2, -0.15) is 0 Å². The molecule has 8 aliphatic rings. The highest BCUT2D eigenvalue weighted by Gasteiger charge is 2.43. The fraction of sp³-hybridized carbons (Fsp3) is 0.458. The number of nitrogens with zero attached hydrogens (tertiary/aromatic N) is 7. The molecule has 10 nitrogen and oxygen atoms in total. The second-order valence-electron chi connectivity index (χ2n) is 27.3. The number of hydrogen-bond acceptors (Lipinski definition) is 8. The van der Waals surface area contributed by atoms with Gasteiger partial charge in [0.1, 0.15) is 17.8 Å². The summed E-state index contributed by atoms with van der Waals surface area (Å²) in [7, 11) is 0. The average molecular weight is 1100 g/mol. The number of carbonyl (C=O) groups is 1. The first-order valence-corrected chi connectivity index (χ1v) is 29.0. The van der Waals surface area contributed by atoms with E-state index in [1.165, 1.54) is 63.3 Å². The normalized spacial score (nSPS) is 21.0. The summed E-state index contributed by atoms with van der Waals surface area (Å²) in [5.41, 5.74) is 17.9. The van der Waals surface area contributed by atoms with Crippen molar-refractivity contribution in [3.63, 3.8) is 0 Å². The molecule has 0 atom stereocenters. The molecule has 8 heterocycles. The van der Waals surface area contributed by atoms with Crippen LogP contribution in [0.25, 0.3) is 21.8 Å². The minimum absolute atomic E-state index is 0. The third-order valence-electron chi connectivity index (χ3n) is 18.6. The van der Waals surface area contributed by atoms with Gasteiger partial charge in [-0.1, -0.05) is 103 Å². The zero-order chi connectivity index (χ0) is 58.6. The minimum Gasteiger partial charge on any atom is -0.467 e. The highest BCUT2D eigenvalue weighted by Crippen LogP contribution is 2.52. The first-order chi connectivity index (χ1) is 38.1. The van der Waals surface area contributed by atoms with Crippen LogP contribution in [-0.2, 0) is 42.0 Å². The molecule has 3 aromatic carbocycles. The van der Waals surface area contributed by atoms with Gasteiger partial charge in [0.05, 0.1) is 36.8 Å². The summed E-state index contributed by atoms with van der Waals surface area (Å²) in [6, 6.07) is 17.6. The molecule has 0 N–H and O–H groups in total. The van der Waals surface area contributed by atoms with Gasteiger partial charge in [0, 0.05) is 61.9 Å². The second kappa shape index (κ2) is 22.5. The van der Waals surface area contributed by atoms with Crippen molar-refractivity contribution in [1.82, 2.24) is 0 Å². The molecule has 0 aliphatic carbocycles. The molecule has 0 unspecified atom stereocenters. The van der Waals surface area contributed by atoms with Crippen molar-refractivity contribution < 1.29 is 14.3 Å². The quantitative estimate of drug-likeness (QED) is 0.141. The van der Waals surface area contributed by atoms with Gasteiger partial charge in [0.15, 0.2) is 0 Å². The Morgan fingerprint density at radius 1 is 0.463 bits per heavy atom. The van der Waals surface area contributed by atoms with Crippen molar-refractivity contribution in [3.8, 4) is 12.1 Å². The lowest BCUT2D eigenvalue weighted by Crippen LogP contribution is -2.44. The molecule has 82 heavy (non-hydrogen) atoms. The Labute approximate surface area is 490 Å². The van der Waals surface area contributed by atoms with Crippen molar-refractivity contribution >= 4 is 35.5 Å². The lowest BCUT2D eigenvalue weighted by Gasteiger charge is -2.48. The average Bonchev–Trinajstić information content (AvgIpc) is 3.61. The van der Waals surface area contributed by atoms with Gasteiger partial charge in [0.2, 0.25) is 0 Å². The van der Waals surface area contributed by atoms with Crippen LogP contribution in [0.1, 0.15) is 198 Å².